The molecule has 0 aromatic carbocycles. The summed E-state index contributed by atoms with van der Waals surface area (Å²) in [7, 11) is 0. The number of pyridine rings is 1. The second kappa shape index (κ2) is 10.1. The predicted octanol–water partition coefficient (Wildman–Crippen LogP) is 0.292. The lowest BCUT2D eigenvalue weighted by molar-refractivity contribution is -0.129. The van der Waals surface area contributed by atoms with Crippen LogP contribution in [0.2, 0.25) is 0 Å². The molecule has 3 unspecified atom stereocenters. The number of amides is 2. The summed E-state index contributed by atoms with van der Waals surface area (Å²) >= 11 is 0. The SMILES string of the molecule is CCC(C1COCCN1)N1C(=O)c2c(O)c(=O)c(C(=O)O)cn2CC1C(=O)NC1CCCCC1. The van der Waals surface area contributed by atoms with Crippen molar-refractivity contribution in [2.45, 2.75) is 76.2 Å². The van der Waals surface area contributed by atoms with E-state index in [4.69, 9.17) is 4.74 Å². The number of aromatic nitrogens is 1. The van der Waals surface area contributed by atoms with Gasteiger partial charge in [-0.05, 0) is 19.3 Å². The van der Waals surface area contributed by atoms with Crippen LogP contribution in [0, 0.1) is 0 Å². The Hall–Kier alpha value is -2.92. The first-order valence-electron chi connectivity index (χ1n) is 12.0. The van der Waals surface area contributed by atoms with Gasteiger partial charge in [0.1, 0.15) is 11.6 Å². The highest BCUT2D eigenvalue weighted by atomic mass is 16.5. The van der Waals surface area contributed by atoms with Crippen LogP contribution >= 0.6 is 0 Å². The molecule has 1 saturated heterocycles. The molecular formula is C23H32N4O7. The molecule has 1 aromatic heterocycles. The lowest BCUT2D eigenvalue weighted by Gasteiger charge is -2.45. The zero-order chi connectivity index (χ0) is 24.4. The van der Waals surface area contributed by atoms with Gasteiger partial charge in [-0.2, -0.15) is 0 Å². The van der Waals surface area contributed by atoms with E-state index in [1.165, 1.54) is 9.47 Å². The van der Waals surface area contributed by atoms with E-state index in [-0.39, 0.29) is 30.2 Å². The van der Waals surface area contributed by atoms with Gasteiger partial charge in [0.25, 0.3) is 5.91 Å². The molecule has 0 bridgehead atoms. The molecule has 3 aliphatic rings. The number of carbonyl (C=O) groups is 3. The Kier molecular flexibility index (Phi) is 7.22. The minimum atomic E-state index is -1.51. The van der Waals surface area contributed by atoms with E-state index < -0.39 is 40.7 Å². The topological polar surface area (TPSA) is 150 Å². The van der Waals surface area contributed by atoms with Crippen LogP contribution in [0.15, 0.2) is 11.0 Å². The molecule has 3 atom stereocenters. The van der Waals surface area contributed by atoms with Gasteiger partial charge >= 0.3 is 5.97 Å². The number of aromatic carboxylic acids is 1. The van der Waals surface area contributed by atoms with Gasteiger partial charge < -0.3 is 35.1 Å². The van der Waals surface area contributed by atoms with Gasteiger partial charge in [-0.1, -0.05) is 26.2 Å². The van der Waals surface area contributed by atoms with Gasteiger partial charge in [-0.15, -0.1) is 0 Å². The first-order valence-corrected chi connectivity index (χ1v) is 12.0. The molecule has 0 spiro atoms. The molecular weight excluding hydrogens is 444 g/mol. The third-order valence-corrected chi connectivity index (χ3v) is 7.07. The van der Waals surface area contributed by atoms with E-state index in [0.717, 1.165) is 38.3 Å². The van der Waals surface area contributed by atoms with Gasteiger partial charge in [-0.25, -0.2) is 4.79 Å². The lowest BCUT2D eigenvalue weighted by Crippen LogP contribution is -2.65. The smallest absolute Gasteiger partial charge is 0.341 e. The molecule has 3 heterocycles. The average Bonchev–Trinajstić information content (AvgIpc) is 2.83. The van der Waals surface area contributed by atoms with Crippen LogP contribution in [-0.2, 0) is 16.1 Å². The molecule has 2 fully saturated rings. The van der Waals surface area contributed by atoms with Crippen molar-refractivity contribution in [3.63, 3.8) is 0 Å². The molecule has 2 aliphatic heterocycles. The number of hydrogen-bond acceptors (Lipinski definition) is 7. The maximum atomic E-state index is 13.7. The third kappa shape index (κ3) is 4.54. The maximum Gasteiger partial charge on any atom is 0.341 e. The fourth-order valence-electron chi connectivity index (χ4n) is 5.35. The van der Waals surface area contributed by atoms with Crippen molar-refractivity contribution >= 4 is 17.8 Å². The van der Waals surface area contributed by atoms with Crippen molar-refractivity contribution < 1.29 is 29.3 Å². The number of nitrogens with one attached hydrogen (secondary N) is 2. The zero-order valence-corrected chi connectivity index (χ0v) is 19.3. The molecule has 1 saturated carbocycles. The van der Waals surface area contributed by atoms with Gasteiger partial charge in [0.05, 0.1) is 31.8 Å². The summed E-state index contributed by atoms with van der Waals surface area (Å²) in [6.45, 7) is 3.34. The Bertz CT molecular complexity index is 1010. The van der Waals surface area contributed by atoms with Crippen LogP contribution in [0.25, 0.3) is 0 Å². The van der Waals surface area contributed by atoms with E-state index in [1.54, 1.807) is 0 Å². The van der Waals surface area contributed by atoms with Crippen molar-refractivity contribution in [1.82, 2.24) is 20.1 Å². The number of carbonyl (C=O) groups excluding carboxylic acids is 2. The third-order valence-electron chi connectivity index (χ3n) is 7.07. The van der Waals surface area contributed by atoms with Crippen LogP contribution in [0.5, 0.6) is 5.75 Å². The summed E-state index contributed by atoms with van der Waals surface area (Å²) in [6.07, 6.45) is 6.47. The largest absolute Gasteiger partial charge is 0.503 e. The summed E-state index contributed by atoms with van der Waals surface area (Å²) in [5.74, 6) is -3.43. The first-order chi connectivity index (χ1) is 16.3. The van der Waals surface area contributed by atoms with Crippen LogP contribution in [0.4, 0.5) is 0 Å². The number of carboxylic acid groups (broad SMARTS) is 1. The number of carboxylic acids is 1. The molecule has 11 heteroatoms. The normalized spacial score (nSPS) is 24.4. The second-order valence-corrected chi connectivity index (χ2v) is 9.21. The highest BCUT2D eigenvalue weighted by molar-refractivity contribution is 6.01. The van der Waals surface area contributed by atoms with Gasteiger partial charge in [0, 0.05) is 18.8 Å². The van der Waals surface area contributed by atoms with Gasteiger partial charge in [0.2, 0.25) is 11.3 Å². The number of fused-ring (bicyclic) bond motifs is 1. The monoisotopic (exact) mass is 476 g/mol. The lowest BCUT2D eigenvalue weighted by atomic mass is 9.94. The predicted molar refractivity (Wildman–Crippen MR) is 121 cm³/mol. The fourth-order valence-corrected chi connectivity index (χ4v) is 5.35. The van der Waals surface area contributed by atoms with Crippen LogP contribution in [0.1, 0.15) is 66.3 Å². The van der Waals surface area contributed by atoms with Crippen molar-refractivity contribution in [2.75, 3.05) is 19.8 Å². The Morgan fingerprint density at radius 3 is 2.62 bits per heavy atom. The highest BCUT2D eigenvalue weighted by Crippen LogP contribution is 2.29. The van der Waals surface area contributed by atoms with E-state index >= 15 is 0 Å². The van der Waals surface area contributed by atoms with Crippen LogP contribution in [0.3, 0.4) is 0 Å². The number of hydrogen-bond donors (Lipinski definition) is 4. The van der Waals surface area contributed by atoms with Gasteiger partial charge in [0.15, 0.2) is 11.4 Å². The Balaban J connectivity index is 1.75. The van der Waals surface area contributed by atoms with Gasteiger partial charge in [-0.3, -0.25) is 14.4 Å². The Morgan fingerprint density at radius 2 is 2.00 bits per heavy atom. The molecule has 1 aromatic rings. The summed E-state index contributed by atoms with van der Waals surface area (Å²) < 4.78 is 6.82. The molecule has 1 aliphatic carbocycles. The summed E-state index contributed by atoms with van der Waals surface area (Å²) in [4.78, 5) is 52.6. The molecule has 2 amide bonds. The maximum absolute atomic E-state index is 13.7. The number of morpholine rings is 1. The van der Waals surface area contributed by atoms with E-state index in [1.807, 2.05) is 6.92 Å². The Morgan fingerprint density at radius 1 is 1.26 bits per heavy atom. The van der Waals surface area contributed by atoms with Crippen molar-refractivity contribution in [3.05, 3.63) is 27.7 Å². The van der Waals surface area contributed by atoms with E-state index in [9.17, 15) is 29.4 Å². The summed E-state index contributed by atoms with van der Waals surface area (Å²) in [5.41, 5.74) is -2.07. The van der Waals surface area contributed by atoms with Crippen molar-refractivity contribution in [2.24, 2.45) is 0 Å². The molecule has 0 radical (unpaired) electrons. The average molecular weight is 477 g/mol. The molecule has 4 rings (SSSR count). The van der Waals surface area contributed by atoms with Crippen LogP contribution < -0.4 is 16.1 Å². The number of ether oxygens (including phenoxy) is 1. The number of nitrogens with zero attached hydrogens (tertiary/aromatic N) is 2. The minimum absolute atomic E-state index is 0.0211. The molecule has 186 valence electrons. The summed E-state index contributed by atoms with van der Waals surface area (Å²) in [5, 5.41) is 26.3. The number of aromatic hydroxyl groups is 1. The fraction of sp³-hybridized carbons (Fsp3) is 0.652. The second-order valence-electron chi connectivity index (χ2n) is 9.21. The molecule has 11 nitrogen and oxygen atoms in total. The van der Waals surface area contributed by atoms with Crippen molar-refractivity contribution in [1.29, 1.82) is 0 Å². The highest BCUT2D eigenvalue weighted by Gasteiger charge is 2.45. The number of rotatable bonds is 6. The Labute approximate surface area is 197 Å². The summed E-state index contributed by atoms with van der Waals surface area (Å²) in [6, 6.07) is -1.57. The van der Waals surface area contributed by atoms with Crippen LogP contribution in [-0.4, -0.2) is 81.4 Å². The quantitative estimate of drug-likeness (QED) is 0.458. The van der Waals surface area contributed by atoms with E-state index in [2.05, 4.69) is 10.6 Å². The minimum Gasteiger partial charge on any atom is -0.503 e. The zero-order valence-electron chi connectivity index (χ0n) is 19.3. The standard InChI is InChI=1S/C23H32N4O7/c1-2-16(15-12-34-9-8-24-15)27-17(21(30)25-13-6-4-3-5-7-13)11-26-10-14(23(32)33)19(28)20(29)18(26)22(27)31/h10,13,15-17,24,29H,2-9,11-12H2,1H3,(H,25,30)(H,32,33). The molecule has 4 N–H and O–H groups in total. The molecule has 34 heavy (non-hydrogen) atoms. The van der Waals surface area contributed by atoms with Crippen molar-refractivity contribution in [3.8, 4) is 5.75 Å². The first kappa shape index (κ1) is 24.2. The van der Waals surface area contributed by atoms with E-state index in [0.29, 0.717) is 26.2 Å².